The molecule has 0 unspecified atom stereocenters. The Morgan fingerprint density at radius 3 is 2.62 bits per heavy atom. The number of aliphatic hydroxyl groups excluding tert-OH is 1. The molecule has 9 nitrogen and oxygen atoms in total. The fraction of sp³-hybridized carbons (Fsp3) is 0.474. The molecule has 3 rings (SSSR count). The Labute approximate surface area is 166 Å². The van der Waals surface area contributed by atoms with E-state index in [9.17, 15) is 28.7 Å². The molecule has 2 fully saturated rings. The van der Waals surface area contributed by atoms with Gasteiger partial charge >= 0.3 is 6.03 Å². The van der Waals surface area contributed by atoms with Crippen LogP contribution in [0.1, 0.15) is 18.4 Å². The largest absolute Gasteiger partial charge is 0.391 e. The first kappa shape index (κ1) is 20.7. The van der Waals surface area contributed by atoms with Crippen molar-refractivity contribution in [3.8, 4) is 0 Å². The number of nitrogens with one attached hydrogen (secondary N) is 2. The zero-order chi connectivity index (χ0) is 21.0. The molecule has 10 heteroatoms. The summed E-state index contributed by atoms with van der Waals surface area (Å²) in [5, 5.41) is 15.3. The second kappa shape index (κ2) is 8.99. The number of carbonyl (C=O) groups is 4. The first-order valence-electron chi connectivity index (χ1n) is 9.41. The zero-order valence-electron chi connectivity index (χ0n) is 15.8. The standard InChI is InChI=1S/C19H23FN4O5/c20-13-4-1-12(2-5-13)3-6-16(26)22-14-10-23(8-7-15(14)25)18(28)11-24-17(27)9-21-19(24)29/h1-2,4-5,14-15,25H,3,6-11H2,(H,21,29)(H,22,26)/t14-,15+/m1/s1. The minimum atomic E-state index is -0.800. The van der Waals surface area contributed by atoms with Gasteiger partial charge in [-0.3, -0.25) is 19.3 Å². The van der Waals surface area contributed by atoms with E-state index in [-0.39, 0.29) is 50.7 Å². The Morgan fingerprint density at radius 2 is 1.97 bits per heavy atom. The summed E-state index contributed by atoms with van der Waals surface area (Å²) < 4.78 is 12.9. The van der Waals surface area contributed by atoms with Crippen molar-refractivity contribution in [2.45, 2.75) is 31.4 Å². The van der Waals surface area contributed by atoms with E-state index in [4.69, 9.17) is 0 Å². The second-order valence-corrected chi connectivity index (χ2v) is 7.13. The van der Waals surface area contributed by atoms with Crippen LogP contribution in [0.25, 0.3) is 0 Å². The SMILES string of the molecule is O=C(CCc1ccc(F)cc1)N[C@@H]1CN(C(=O)CN2C(=O)CNC2=O)CC[C@@H]1O. The van der Waals surface area contributed by atoms with Gasteiger partial charge in [0.2, 0.25) is 11.8 Å². The number of aliphatic hydroxyl groups is 1. The van der Waals surface area contributed by atoms with Crippen LogP contribution >= 0.6 is 0 Å². The minimum Gasteiger partial charge on any atom is -0.391 e. The maximum absolute atomic E-state index is 12.9. The fourth-order valence-corrected chi connectivity index (χ4v) is 3.35. The van der Waals surface area contributed by atoms with E-state index in [0.29, 0.717) is 6.42 Å². The van der Waals surface area contributed by atoms with E-state index in [1.165, 1.54) is 17.0 Å². The molecule has 2 aliphatic rings. The predicted octanol–water partition coefficient (Wildman–Crippen LogP) is -0.612. The number of nitrogens with zero attached hydrogens (tertiary/aromatic N) is 2. The van der Waals surface area contributed by atoms with Gasteiger partial charge in [0.05, 0.1) is 18.7 Å². The second-order valence-electron chi connectivity index (χ2n) is 7.13. The van der Waals surface area contributed by atoms with Crippen molar-refractivity contribution < 1.29 is 28.7 Å². The van der Waals surface area contributed by atoms with Crippen LogP contribution in [0.15, 0.2) is 24.3 Å². The van der Waals surface area contributed by atoms with Gasteiger partial charge in [0.15, 0.2) is 0 Å². The fourth-order valence-electron chi connectivity index (χ4n) is 3.35. The summed E-state index contributed by atoms with van der Waals surface area (Å²) in [6.45, 7) is -0.138. The Bertz CT molecular complexity index is 784. The number of amides is 5. The van der Waals surface area contributed by atoms with Crippen molar-refractivity contribution in [1.29, 1.82) is 0 Å². The van der Waals surface area contributed by atoms with Crippen LogP contribution in [-0.4, -0.2) is 77.0 Å². The van der Waals surface area contributed by atoms with Gasteiger partial charge in [0, 0.05) is 19.5 Å². The van der Waals surface area contributed by atoms with Gasteiger partial charge in [0.25, 0.3) is 5.91 Å². The maximum Gasteiger partial charge on any atom is 0.325 e. The van der Waals surface area contributed by atoms with Crippen LogP contribution in [0.3, 0.4) is 0 Å². The van der Waals surface area contributed by atoms with Gasteiger partial charge < -0.3 is 20.6 Å². The van der Waals surface area contributed by atoms with Gasteiger partial charge in [-0.1, -0.05) is 12.1 Å². The zero-order valence-corrected chi connectivity index (χ0v) is 15.8. The summed E-state index contributed by atoms with van der Waals surface area (Å²) in [4.78, 5) is 50.2. The Morgan fingerprint density at radius 1 is 1.24 bits per heavy atom. The van der Waals surface area contributed by atoms with Gasteiger partial charge in [0.1, 0.15) is 12.4 Å². The van der Waals surface area contributed by atoms with E-state index in [2.05, 4.69) is 10.6 Å². The van der Waals surface area contributed by atoms with E-state index in [0.717, 1.165) is 10.5 Å². The summed E-state index contributed by atoms with van der Waals surface area (Å²) >= 11 is 0. The molecule has 156 valence electrons. The van der Waals surface area contributed by atoms with E-state index < -0.39 is 30.0 Å². The molecule has 0 spiro atoms. The topological polar surface area (TPSA) is 119 Å². The summed E-state index contributed by atoms with van der Waals surface area (Å²) in [6, 6.07) is 4.62. The summed E-state index contributed by atoms with van der Waals surface area (Å²) in [7, 11) is 0. The average Bonchev–Trinajstić information content (AvgIpc) is 3.01. The number of imide groups is 1. The van der Waals surface area contributed by atoms with Crippen molar-refractivity contribution in [2.24, 2.45) is 0 Å². The third-order valence-electron chi connectivity index (χ3n) is 5.06. The Balaban J connectivity index is 1.50. The lowest BCUT2D eigenvalue weighted by Gasteiger charge is -2.37. The van der Waals surface area contributed by atoms with Crippen LogP contribution in [0.2, 0.25) is 0 Å². The number of likely N-dealkylation sites (tertiary alicyclic amines) is 1. The maximum atomic E-state index is 12.9. The minimum absolute atomic E-state index is 0.0892. The molecule has 29 heavy (non-hydrogen) atoms. The highest BCUT2D eigenvalue weighted by Gasteiger charge is 2.35. The number of carbonyl (C=O) groups excluding carboxylic acids is 4. The van der Waals surface area contributed by atoms with Crippen molar-refractivity contribution in [3.05, 3.63) is 35.6 Å². The highest BCUT2D eigenvalue weighted by atomic mass is 19.1. The number of halogens is 1. The molecule has 0 aromatic heterocycles. The molecular weight excluding hydrogens is 383 g/mol. The number of hydrogen-bond acceptors (Lipinski definition) is 5. The van der Waals surface area contributed by atoms with Crippen LogP contribution in [0.5, 0.6) is 0 Å². The monoisotopic (exact) mass is 406 g/mol. The van der Waals surface area contributed by atoms with Gasteiger partial charge in [-0.2, -0.15) is 0 Å². The summed E-state index contributed by atoms with van der Waals surface area (Å²) in [6.07, 6.45) is 0.0506. The smallest absolute Gasteiger partial charge is 0.325 e. The van der Waals surface area contributed by atoms with Crippen molar-refractivity contribution >= 4 is 23.8 Å². The van der Waals surface area contributed by atoms with Crippen LogP contribution in [0.4, 0.5) is 9.18 Å². The highest BCUT2D eigenvalue weighted by Crippen LogP contribution is 2.13. The number of hydrogen-bond donors (Lipinski definition) is 3. The molecule has 1 aromatic carbocycles. The molecule has 2 saturated heterocycles. The molecule has 2 atom stereocenters. The molecule has 0 saturated carbocycles. The molecular formula is C19H23FN4O5. The van der Waals surface area contributed by atoms with E-state index in [1.807, 2.05) is 0 Å². The van der Waals surface area contributed by atoms with Crippen molar-refractivity contribution in [1.82, 2.24) is 20.4 Å². The Hall–Kier alpha value is -3.01. The normalized spacial score (nSPS) is 21.9. The number of urea groups is 1. The molecule has 0 radical (unpaired) electrons. The lowest BCUT2D eigenvalue weighted by atomic mass is 10.0. The highest BCUT2D eigenvalue weighted by molar-refractivity contribution is 6.04. The molecule has 0 bridgehead atoms. The molecule has 5 amide bonds. The van der Waals surface area contributed by atoms with E-state index in [1.54, 1.807) is 12.1 Å². The van der Waals surface area contributed by atoms with Gasteiger partial charge in [-0.25, -0.2) is 9.18 Å². The van der Waals surface area contributed by atoms with Crippen LogP contribution in [0, 0.1) is 5.82 Å². The number of benzene rings is 1. The molecule has 3 N–H and O–H groups in total. The van der Waals surface area contributed by atoms with Gasteiger partial charge in [-0.05, 0) is 30.5 Å². The van der Waals surface area contributed by atoms with Crippen LogP contribution < -0.4 is 10.6 Å². The first-order valence-corrected chi connectivity index (χ1v) is 9.41. The number of rotatable bonds is 6. The van der Waals surface area contributed by atoms with E-state index >= 15 is 0 Å². The van der Waals surface area contributed by atoms with Crippen molar-refractivity contribution in [3.63, 3.8) is 0 Å². The van der Waals surface area contributed by atoms with Crippen molar-refractivity contribution in [2.75, 3.05) is 26.2 Å². The number of aryl methyl sites for hydroxylation is 1. The predicted molar refractivity (Wildman–Crippen MR) is 99.0 cm³/mol. The summed E-state index contributed by atoms with van der Waals surface area (Å²) in [5.74, 6) is -1.53. The quantitative estimate of drug-likeness (QED) is 0.545. The molecule has 0 aliphatic carbocycles. The molecule has 2 heterocycles. The Kier molecular flexibility index (Phi) is 6.42. The average molecular weight is 406 g/mol. The third-order valence-corrected chi connectivity index (χ3v) is 5.06. The number of piperidine rings is 1. The van der Waals surface area contributed by atoms with Gasteiger partial charge in [-0.15, -0.1) is 0 Å². The third kappa shape index (κ3) is 5.29. The lowest BCUT2D eigenvalue weighted by Crippen LogP contribution is -2.57. The first-order chi connectivity index (χ1) is 13.8. The van der Waals surface area contributed by atoms with Crippen LogP contribution in [-0.2, 0) is 20.8 Å². The molecule has 2 aliphatic heterocycles. The summed E-state index contributed by atoms with van der Waals surface area (Å²) in [5.41, 5.74) is 0.816. The molecule has 1 aromatic rings. The lowest BCUT2D eigenvalue weighted by molar-refractivity contribution is -0.139.